The van der Waals surface area contributed by atoms with Gasteiger partial charge < -0.3 is 4.74 Å². The monoisotopic (exact) mass is 432 g/mol. The van der Waals surface area contributed by atoms with Crippen LogP contribution in [0.25, 0.3) is 0 Å². The van der Waals surface area contributed by atoms with Crippen molar-refractivity contribution in [3.63, 3.8) is 0 Å². The first-order chi connectivity index (χ1) is 14.2. The van der Waals surface area contributed by atoms with Crippen LogP contribution in [0.4, 0.5) is 5.69 Å². The van der Waals surface area contributed by atoms with E-state index in [2.05, 4.69) is 0 Å². The number of nitrogens with zero attached hydrogens (tertiary/aromatic N) is 2. The second-order valence-electron chi connectivity index (χ2n) is 7.41. The van der Waals surface area contributed by atoms with E-state index in [1.54, 1.807) is 49.4 Å². The largest absolute Gasteiger partial charge is 0.457 e. The predicted molar refractivity (Wildman–Crippen MR) is 110 cm³/mol. The molecule has 1 aliphatic heterocycles. The highest BCUT2D eigenvalue weighted by Gasteiger charge is 2.35. The molecule has 160 valence electrons. The molecule has 3 rings (SSSR count). The molecule has 2 atom stereocenters. The second-order valence-corrected chi connectivity index (χ2v) is 9.35. The van der Waals surface area contributed by atoms with Gasteiger partial charge in [-0.3, -0.25) is 14.9 Å². The Hall–Kier alpha value is -2.78. The molecule has 0 aliphatic carbocycles. The number of hydrogen-bond acceptors (Lipinski definition) is 6. The molecule has 0 bridgehead atoms. The zero-order valence-electron chi connectivity index (χ0n) is 16.9. The van der Waals surface area contributed by atoms with Crippen LogP contribution in [0.5, 0.6) is 0 Å². The Labute approximate surface area is 175 Å². The summed E-state index contributed by atoms with van der Waals surface area (Å²) in [5.41, 5.74) is 1.14. The lowest BCUT2D eigenvalue weighted by Gasteiger charge is -2.31. The van der Waals surface area contributed by atoms with Crippen LogP contribution in [0, 0.1) is 23.0 Å². The van der Waals surface area contributed by atoms with Gasteiger partial charge in [-0.1, -0.05) is 29.8 Å². The van der Waals surface area contributed by atoms with Gasteiger partial charge in [0.2, 0.25) is 10.0 Å². The molecule has 0 amide bonds. The number of esters is 1. The van der Waals surface area contributed by atoms with Crippen molar-refractivity contribution in [1.29, 1.82) is 0 Å². The van der Waals surface area contributed by atoms with Gasteiger partial charge in [0.25, 0.3) is 5.69 Å². The molecule has 1 saturated heterocycles. The van der Waals surface area contributed by atoms with E-state index >= 15 is 0 Å². The normalized spacial score (nSPS) is 18.5. The molecule has 0 saturated carbocycles. The third kappa shape index (κ3) is 4.68. The number of nitro benzene ring substituents is 1. The van der Waals surface area contributed by atoms with Crippen molar-refractivity contribution in [1.82, 2.24) is 4.31 Å². The molecule has 1 aliphatic rings. The molecule has 0 N–H and O–H groups in total. The van der Waals surface area contributed by atoms with Crippen molar-refractivity contribution < 1.29 is 22.9 Å². The molecular formula is C21H24N2O6S. The number of sulfonamides is 1. The quantitative estimate of drug-likeness (QED) is 0.392. The first kappa shape index (κ1) is 21.9. The average molecular weight is 432 g/mol. The molecule has 0 aromatic heterocycles. The van der Waals surface area contributed by atoms with Crippen LogP contribution >= 0.6 is 0 Å². The summed E-state index contributed by atoms with van der Waals surface area (Å²) in [6, 6.07) is 12.7. The summed E-state index contributed by atoms with van der Waals surface area (Å²) in [6.45, 7) is 3.81. The predicted octanol–water partition coefficient (Wildman–Crippen LogP) is 3.61. The number of rotatable bonds is 6. The summed E-state index contributed by atoms with van der Waals surface area (Å²) in [5.74, 6) is -1.17. The first-order valence-electron chi connectivity index (χ1n) is 9.71. The molecule has 0 spiro atoms. The molecule has 2 aromatic carbocycles. The zero-order valence-corrected chi connectivity index (χ0v) is 17.7. The van der Waals surface area contributed by atoms with Gasteiger partial charge in [-0.05, 0) is 44.9 Å². The van der Waals surface area contributed by atoms with Crippen LogP contribution in [0.3, 0.4) is 0 Å². The first-order valence-corrected chi connectivity index (χ1v) is 11.1. The molecule has 9 heteroatoms. The summed E-state index contributed by atoms with van der Waals surface area (Å²) >= 11 is 0. The smallest absolute Gasteiger partial charge is 0.310 e. The number of carbonyl (C=O) groups is 1. The minimum atomic E-state index is -3.71. The third-order valence-electron chi connectivity index (χ3n) is 5.24. The lowest BCUT2D eigenvalue weighted by Crippen LogP contribution is -2.42. The minimum absolute atomic E-state index is 0.0264. The maximum Gasteiger partial charge on any atom is 0.310 e. The molecular weight excluding hydrogens is 408 g/mol. The van der Waals surface area contributed by atoms with E-state index < -0.39 is 32.9 Å². The van der Waals surface area contributed by atoms with Gasteiger partial charge in [0.15, 0.2) is 0 Å². The second kappa shape index (κ2) is 8.93. The summed E-state index contributed by atoms with van der Waals surface area (Å²) in [7, 11) is -3.71. The van der Waals surface area contributed by atoms with E-state index in [-0.39, 0.29) is 17.1 Å². The standard InChI is InChI=1S/C21H24N2O6S/c1-15-9-11-18(12-10-15)30(27,28)22-13-5-6-17(14-22)21(24)29-16(2)19-7-3-4-8-20(19)23(25)26/h3-4,7-12,16-17H,5-6,13-14H2,1-2H3/t16-,17-/m0/s1. The molecule has 8 nitrogen and oxygen atoms in total. The van der Waals surface area contributed by atoms with Crippen LogP contribution < -0.4 is 0 Å². The van der Waals surface area contributed by atoms with Crippen molar-refractivity contribution >= 4 is 21.7 Å². The minimum Gasteiger partial charge on any atom is -0.457 e. The number of para-hydroxylation sites is 1. The number of nitro groups is 1. The van der Waals surface area contributed by atoms with E-state index in [1.165, 1.54) is 10.4 Å². The summed E-state index contributed by atoms with van der Waals surface area (Å²) in [6.07, 6.45) is 0.218. The van der Waals surface area contributed by atoms with Crippen LogP contribution in [-0.2, 0) is 19.6 Å². The number of piperidine rings is 1. The van der Waals surface area contributed by atoms with Crippen molar-refractivity contribution in [3.8, 4) is 0 Å². The van der Waals surface area contributed by atoms with Crippen molar-refractivity contribution in [2.75, 3.05) is 13.1 Å². The molecule has 1 heterocycles. The lowest BCUT2D eigenvalue weighted by molar-refractivity contribution is -0.386. The van der Waals surface area contributed by atoms with Gasteiger partial charge in [0.05, 0.1) is 21.3 Å². The van der Waals surface area contributed by atoms with Crippen molar-refractivity contribution in [2.24, 2.45) is 5.92 Å². The Morgan fingerprint density at radius 2 is 1.87 bits per heavy atom. The lowest BCUT2D eigenvalue weighted by atomic mass is 9.99. The van der Waals surface area contributed by atoms with E-state index in [9.17, 15) is 23.3 Å². The third-order valence-corrected chi connectivity index (χ3v) is 7.12. The molecule has 2 aromatic rings. The van der Waals surface area contributed by atoms with Gasteiger partial charge in [0.1, 0.15) is 6.10 Å². The zero-order chi connectivity index (χ0) is 21.9. The van der Waals surface area contributed by atoms with E-state index in [1.807, 2.05) is 6.92 Å². The molecule has 0 radical (unpaired) electrons. The highest BCUT2D eigenvalue weighted by atomic mass is 32.2. The SMILES string of the molecule is Cc1ccc(S(=O)(=O)N2CCC[C@H](C(=O)O[C@@H](C)c3ccccc3[N+](=O)[O-])C2)cc1. The Balaban J connectivity index is 1.71. The van der Waals surface area contributed by atoms with Crippen LogP contribution in [0.15, 0.2) is 53.4 Å². The van der Waals surface area contributed by atoms with Crippen molar-refractivity contribution in [2.45, 2.75) is 37.7 Å². The molecule has 30 heavy (non-hydrogen) atoms. The molecule has 1 fully saturated rings. The Kier molecular flexibility index (Phi) is 6.52. The van der Waals surface area contributed by atoms with E-state index in [0.717, 1.165) is 5.56 Å². The average Bonchev–Trinajstić information content (AvgIpc) is 2.74. The van der Waals surface area contributed by atoms with Crippen LogP contribution in [0.2, 0.25) is 0 Å². The fourth-order valence-electron chi connectivity index (χ4n) is 3.54. The van der Waals surface area contributed by atoms with Gasteiger partial charge in [-0.2, -0.15) is 4.31 Å². The maximum atomic E-state index is 12.9. The van der Waals surface area contributed by atoms with Gasteiger partial charge in [-0.15, -0.1) is 0 Å². The van der Waals surface area contributed by atoms with Gasteiger partial charge in [-0.25, -0.2) is 8.42 Å². The van der Waals surface area contributed by atoms with Crippen LogP contribution in [0.1, 0.15) is 37.0 Å². The summed E-state index contributed by atoms with van der Waals surface area (Å²) in [4.78, 5) is 23.6. The molecule has 0 unspecified atom stereocenters. The van der Waals surface area contributed by atoms with E-state index in [0.29, 0.717) is 24.9 Å². The van der Waals surface area contributed by atoms with Crippen LogP contribution in [-0.4, -0.2) is 36.7 Å². The fourth-order valence-corrected chi connectivity index (χ4v) is 5.07. The maximum absolute atomic E-state index is 12.9. The van der Waals surface area contributed by atoms with E-state index in [4.69, 9.17) is 4.74 Å². The Morgan fingerprint density at radius 1 is 1.20 bits per heavy atom. The highest BCUT2D eigenvalue weighted by molar-refractivity contribution is 7.89. The van der Waals surface area contributed by atoms with Gasteiger partial charge in [0, 0.05) is 19.2 Å². The number of hydrogen-bond donors (Lipinski definition) is 0. The summed E-state index contributed by atoms with van der Waals surface area (Å²) in [5, 5.41) is 11.2. The Morgan fingerprint density at radius 3 is 2.53 bits per heavy atom. The van der Waals surface area contributed by atoms with Crippen molar-refractivity contribution in [3.05, 3.63) is 69.8 Å². The highest BCUT2D eigenvalue weighted by Crippen LogP contribution is 2.30. The summed E-state index contributed by atoms with van der Waals surface area (Å²) < 4.78 is 32.7. The number of carbonyl (C=O) groups excluding carboxylic acids is 1. The topological polar surface area (TPSA) is 107 Å². The number of ether oxygens (including phenoxy) is 1. The number of aryl methyl sites for hydroxylation is 1. The fraction of sp³-hybridized carbons (Fsp3) is 0.381. The van der Waals surface area contributed by atoms with Gasteiger partial charge >= 0.3 is 5.97 Å². The Bertz CT molecular complexity index is 1040. The number of benzene rings is 2.